The van der Waals surface area contributed by atoms with Crippen LogP contribution in [0, 0.1) is 5.82 Å². The van der Waals surface area contributed by atoms with Gasteiger partial charge in [-0.2, -0.15) is 0 Å². The maximum atomic E-state index is 14.4. The Kier molecular flexibility index (Phi) is 5.07. The molecule has 0 amide bonds. The summed E-state index contributed by atoms with van der Waals surface area (Å²) in [7, 11) is -6.14. The second-order valence-corrected chi connectivity index (χ2v) is 14.9. The van der Waals surface area contributed by atoms with E-state index in [-0.39, 0.29) is 9.93 Å². The molecule has 1 heterocycles. The Morgan fingerprint density at radius 3 is 2.30 bits per heavy atom. The minimum absolute atomic E-state index is 0.159. The SMILES string of the molecule is CC(C)(C)[Si](C)(C)NS(=O)(=O)c1ccc(CN2CCC2)cc1F. The van der Waals surface area contributed by atoms with Crippen LogP contribution in [0.25, 0.3) is 0 Å². The molecule has 7 heteroatoms. The van der Waals surface area contributed by atoms with Gasteiger partial charge in [-0.05, 0) is 42.2 Å². The molecule has 0 atom stereocenters. The average molecular weight is 359 g/mol. The highest BCUT2D eigenvalue weighted by molar-refractivity contribution is 7.91. The molecule has 0 radical (unpaired) electrons. The van der Waals surface area contributed by atoms with Crippen LogP contribution in [0.3, 0.4) is 0 Å². The molecule has 2 rings (SSSR count). The van der Waals surface area contributed by atoms with Gasteiger partial charge in [0.05, 0.1) is 0 Å². The third-order valence-corrected chi connectivity index (χ3v) is 12.7. The summed E-state index contributed by atoms with van der Waals surface area (Å²) in [6, 6.07) is 4.44. The van der Waals surface area contributed by atoms with E-state index in [1.54, 1.807) is 6.07 Å². The molecule has 1 N–H and O–H groups in total. The van der Waals surface area contributed by atoms with Crippen molar-refractivity contribution in [1.82, 2.24) is 9.29 Å². The van der Waals surface area contributed by atoms with E-state index in [9.17, 15) is 12.8 Å². The maximum Gasteiger partial charge on any atom is 0.237 e. The Labute approximate surface area is 140 Å². The molecule has 130 valence electrons. The number of nitrogens with one attached hydrogen (secondary N) is 1. The van der Waals surface area contributed by atoms with Crippen LogP contribution in [0.4, 0.5) is 4.39 Å². The molecular formula is C16H27FN2O2SSi. The topological polar surface area (TPSA) is 49.4 Å². The van der Waals surface area contributed by atoms with E-state index in [4.69, 9.17) is 0 Å². The van der Waals surface area contributed by atoms with Crippen LogP contribution < -0.4 is 4.39 Å². The highest BCUT2D eigenvalue weighted by atomic mass is 32.2. The predicted octanol–water partition coefficient (Wildman–Crippen LogP) is 3.31. The van der Waals surface area contributed by atoms with Crippen molar-refractivity contribution >= 4 is 18.3 Å². The van der Waals surface area contributed by atoms with Gasteiger partial charge >= 0.3 is 0 Å². The maximum absolute atomic E-state index is 14.4. The molecule has 1 saturated heterocycles. The minimum Gasteiger partial charge on any atom is -0.299 e. The Morgan fingerprint density at radius 2 is 1.87 bits per heavy atom. The molecule has 1 aliphatic heterocycles. The summed E-state index contributed by atoms with van der Waals surface area (Å²) in [5, 5.41) is -0.159. The molecule has 0 unspecified atom stereocenters. The van der Waals surface area contributed by atoms with Crippen molar-refractivity contribution in [3.63, 3.8) is 0 Å². The van der Waals surface area contributed by atoms with Crippen LogP contribution in [0.2, 0.25) is 18.1 Å². The van der Waals surface area contributed by atoms with Crippen molar-refractivity contribution in [1.29, 1.82) is 0 Å². The van der Waals surface area contributed by atoms with Crippen molar-refractivity contribution in [2.45, 2.75) is 56.8 Å². The lowest BCUT2D eigenvalue weighted by Crippen LogP contribution is -2.54. The van der Waals surface area contributed by atoms with Gasteiger partial charge in [-0.25, -0.2) is 17.2 Å². The van der Waals surface area contributed by atoms with Crippen LogP contribution >= 0.6 is 0 Å². The van der Waals surface area contributed by atoms with Gasteiger partial charge in [-0.15, -0.1) is 0 Å². The number of halogens is 1. The number of likely N-dealkylation sites (tertiary alicyclic amines) is 1. The third-order valence-electron chi connectivity index (χ3n) is 4.91. The Morgan fingerprint density at radius 1 is 1.26 bits per heavy atom. The van der Waals surface area contributed by atoms with Gasteiger partial charge in [0.15, 0.2) is 0 Å². The van der Waals surface area contributed by atoms with Crippen molar-refractivity contribution in [3.05, 3.63) is 29.6 Å². The first-order valence-electron chi connectivity index (χ1n) is 7.97. The summed E-state index contributed by atoms with van der Waals surface area (Å²) in [6.45, 7) is 12.6. The monoisotopic (exact) mass is 358 g/mol. The van der Waals surface area contributed by atoms with E-state index in [0.29, 0.717) is 6.54 Å². The quantitative estimate of drug-likeness (QED) is 0.822. The van der Waals surface area contributed by atoms with Gasteiger partial charge in [-0.1, -0.05) is 39.9 Å². The number of hydrogen-bond acceptors (Lipinski definition) is 3. The van der Waals surface area contributed by atoms with E-state index in [2.05, 4.69) is 9.29 Å². The molecule has 23 heavy (non-hydrogen) atoms. The lowest BCUT2D eigenvalue weighted by Gasteiger charge is -2.36. The van der Waals surface area contributed by atoms with Crippen molar-refractivity contribution < 1.29 is 12.8 Å². The Balaban J connectivity index is 2.22. The first-order valence-corrected chi connectivity index (χ1v) is 12.5. The number of nitrogens with zero attached hydrogens (tertiary/aromatic N) is 1. The predicted molar refractivity (Wildman–Crippen MR) is 93.8 cm³/mol. The third kappa shape index (κ3) is 4.20. The van der Waals surface area contributed by atoms with E-state index in [1.807, 2.05) is 33.9 Å². The summed E-state index contributed by atoms with van der Waals surface area (Å²) in [5.41, 5.74) is 0.813. The molecule has 1 aromatic carbocycles. The largest absolute Gasteiger partial charge is 0.299 e. The fourth-order valence-electron chi connectivity index (χ4n) is 2.20. The Bertz CT molecular complexity index is 680. The van der Waals surface area contributed by atoms with Gasteiger partial charge < -0.3 is 0 Å². The van der Waals surface area contributed by atoms with Crippen molar-refractivity contribution in [3.8, 4) is 0 Å². The molecule has 1 aromatic rings. The smallest absolute Gasteiger partial charge is 0.237 e. The van der Waals surface area contributed by atoms with Gasteiger partial charge in [0.2, 0.25) is 10.0 Å². The fourth-order valence-corrected chi connectivity index (χ4v) is 7.12. The lowest BCUT2D eigenvalue weighted by atomic mass is 10.1. The minimum atomic E-state index is -3.85. The van der Waals surface area contributed by atoms with Crippen LogP contribution in [0.5, 0.6) is 0 Å². The first kappa shape index (κ1) is 18.6. The molecule has 4 nitrogen and oxygen atoms in total. The first-order chi connectivity index (χ1) is 10.4. The summed E-state index contributed by atoms with van der Waals surface area (Å²) in [5.74, 6) is -0.672. The van der Waals surface area contributed by atoms with Crippen molar-refractivity contribution in [2.75, 3.05) is 13.1 Å². The normalized spacial score (nSPS) is 17.1. The molecule has 1 fully saturated rings. The summed E-state index contributed by atoms with van der Waals surface area (Å²) >= 11 is 0. The van der Waals surface area contributed by atoms with E-state index >= 15 is 0 Å². The summed E-state index contributed by atoms with van der Waals surface area (Å²) in [6.07, 6.45) is 1.17. The zero-order chi connectivity index (χ0) is 17.5. The number of hydrogen-bond donors (Lipinski definition) is 1. The molecule has 0 bridgehead atoms. The second-order valence-electron chi connectivity index (χ2n) is 7.87. The molecular weight excluding hydrogens is 331 g/mol. The number of sulfonamides is 1. The van der Waals surface area contributed by atoms with Gasteiger partial charge in [-0.3, -0.25) is 4.90 Å². The number of benzene rings is 1. The summed E-state index contributed by atoms with van der Waals surface area (Å²) in [4.78, 5) is 1.95. The van der Waals surface area contributed by atoms with Gasteiger partial charge in [0, 0.05) is 6.54 Å². The van der Waals surface area contributed by atoms with E-state index in [0.717, 1.165) is 18.7 Å². The zero-order valence-electron chi connectivity index (χ0n) is 14.6. The van der Waals surface area contributed by atoms with Crippen LogP contribution in [-0.2, 0) is 16.6 Å². The molecule has 0 spiro atoms. The zero-order valence-corrected chi connectivity index (χ0v) is 16.4. The highest BCUT2D eigenvalue weighted by Crippen LogP contribution is 2.35. The Hall–Kier alpha value is -0.763. The molecule has 1 aliphatic rings. The summed E-state index contributed by atoms with van der Waals surface area (Å²) < 4.78 is 42.3. The molecule has 0 saturated carbocycles. The molecule has 0 aromatic heterocycles. The fraction of sp³-hybridized carbons (Fsp3) is 0.625. The van der Waals surface area contributed by atoms with Gasteiger partial charge in [0.25, 0.3) is 0 Å². The lowest BCUT2D eigenvalue weighted by molar-refractivity contribution is 0.172. The second kappa shape index (κ2) is 6.27. The van der Waals surface area contributed by atoms with Crippen molar-refractivity contribution in [2.24, 2.45) is 0 Å². The van der Waals surface area contributed by atoms with Crippen LogP contribution in [-0.4, -0.2) is 34.6 Å². The van der Waals surface area contributed by atoms with E-state index in [1.165, 1.54) is 18.6 Å². The van der Waals surface area contributed by atoms with Crippen LogP contribution in [0.15, 0.2) is 23.1 Å². The van der Waals surface area contributed by atoms with Crippen LogP contribution in [0.1, 0.15) is 32.8 Å². The van der Waals surface area contributed by atoms with E-state index < -0.39 is 24.1 Å². The highest BCUT2D eigenvalue weighted by Gasteiger charge is 2.40. The average Bonchev–Trinajstić information content (AvgIpc) is 2.30. The van der Waals surface area contributed by atoms with Gasteiger partial charge in [0.1, 0.15) is 18.9 Å². The molecule has 0 aliphatic carbocycles. The number of rotatable bonds is 5. The standard InChI is InChI=1S/C16H27FN2O2SSi/c1-16(2,3)23(4,5)18-22(20,21)15-8-7-13(11-14(15)17)12-19-9-6-10-19/h7-8,11,18H,6,9-10,12H2,1-5H3.